The van der Waals surface area contributed by atoms with E-state index in [1.165, 1.54) is 19.1 Å². The van der Waals surface area contributed by atoms with E-state index < -0.39 is 0 Å². The number of halogens is 1. The van der Waals surface area contributed by atoms with Gasteiger partial charge in [0.05, 0.1) is 19.1 Å². The van der Waals surface area contributed by atoms with Crippen molar-refractivity contribution in [3.05, 3.63) is 65.8 Å². The fourth-order valence-corrected chi connectivity index (χ4v) is 4.09. The monoisotopic (exact) mass is 438 g/mol. The normalized spacial score (nSPS) is 15.5. The van der Waals surface area contributed by atoms with Gasteiger partial charge in [0.2, 0.25) is 0 Å². The van der Waals surface area contributed by atoms with Crippen LogP contribution in [0.1, 0.15) is 48.2 Å². The molecule has 3 aromatic rings. The Morgan fingerprint density at radius 2 is 2.03 bits per heavy atom. The molecule has 2 aromatic carbocycles. The molecule has 168 valence electrons. The fourth-order valence-electron chi connectivity index (χ4n) is 4.09. The lowest BCUT2D eigenvalue weighted by atomic mass is 9.91. The lowest BCUT2D eigenvalue weighted by molar-refractivity contribution is 0.101. The molecule has 7 heteroatoms. The number of aromatic nitrogens is 1. The summed E-state index contributed by atoms with van der Waals surface area (Å²) in [5, 5.41) is 5.13. The average Bonchev–Trinajstić information content (AvgIpc) is 3.22. The minimum atomic E-state index is -0.307. The van der Waals surface area contributed by atoms with E-state index in [9.17, 15) is 9.18 Å². The number of fused-ring (bicyclic) bond motifs is 1. The third-order valence-electron chi connectivity index (χ3n) is 5.91. The van der Waals surface area contributed by atoms with Gasteiger partial charge in [-0.05, 0) is 75.7 Å². The molecule has 0 amide bonds. The number of methoxy groups -OCH3 is 1. The summed E-state index contributed by atoms with van der Waals surface area (Å²) in [5.41, 5.74) is 2.05. The molecule has 1 fully saturated rings. The Kier molecular flexibility index (Phi) is 6.85. The van der Waals surface area contributed by atoms with Crippen molar-refractivity contribution in [1.82, 2.24) is 10.1 Å². The van der Waals surface area contributed by atoms with Gasteiger partial charge in [-0.3, -0.25) is 4.79 Å². The Bertz CT molecular complexity index is 1120. The summed E-state index contributed by atoms with van der Waals surface area (Å²) in [4.78, 5) is 13.9. The van der Waals surface area contributed by atoms with Crippen LogP contribution in [0.2, 0.25) is 0 Å². The largest absolute Gasteiger partial charge is 0.493 e. The van der Waals surface area contributed by atoms with Gasteiger partial charge >= 0.3 is 0 Å². The Morgan fingerprint density at radius 3 is 2.78 bits per heavy atom. The first-order chi connectivity index (χ1) is 15.5. The number of ether oxygens (including phenoxy) is 2. The quantitative estimate of drug-likeness (QED) is 0.349. The summed E-state index contributed by atoms with van der Waals surface area (Å²) >= 11 is 0. The lowest BCUT2D eigenvalue weighted by Crippen LogP contribution is -2.33. The first-order valence-corrected chi connectivity index (χ1v) is 10.8. The minimum absolute atomic E-state index is 0.0141. The van der Waals surface area contributed by atoms with Crippen molar-refractivity contribution in [3.8, 4) is 11.5 Å². The Morgan fingerprint density at radius 1 is 1.22 bits per heavy atom. The summed E-state index contributed by atoms with van der Waals surface area (Å²) < 4.78 is 29.7. The maximum absolute atomic E-state index is 13.4. The second-order valence-corrected chi connectivity index (χ2v) is 8.02. The molecular weight excluding hydrogens is 411 g/mol. The van der Waals surface area contributed by atoms with E-state index in [1.807, 2.05) is 6.08 Å². The van der Waals surface area contributed by atoms with Crippen LogP contribution in [0.25, 0.3) is 11.0 Å². The molecule has 0 aliphatic carbocycles. The van der Waals surface area contributed by atoms with Crippen molar-refractivity contribution in [2.75, 3.05) is 26.7 Å². The van der Waals surface area contributed by atoms with Gasteiger partial charge in [0.1, 0.15) is 5.82 Å². The zero-order valence-corrected chi connectivity index (χ0v) is 18.3. The van der Waals surface area contributed by atoms with Crippen LogP contribution < -0.4 is 9.47 Å². The van der Waals surface area contributed by atoms with Gasteiger partial charge < -0.3 is 18.9 Å². The molecule has 0 N–H and O–H groups in total. The van der Waals surface area contributed by atoms with Crippen LogP contribution in [-0.2, 0) is 0 Å². The molecular formula is C25H27FN2O4. The molecule has 1 aromatic heterocycles. The fraction of sp³-hybridized carbons (Fsp3) is 0.360. The highest BCUT2D eigenvalue weighted by molar-refractivity contribution is 5.94. The van der Waals surface area contributed by atoms with Crippen molar-refractivity contribution in [2.24, 2.45) is 0 Å². The van der Waals surface area contributed by atoms with Crippen LogP contribution in [0, 0.1) is 5.82 Å². The van der Waals surface area contributed by atoms with Crippen LogP contribution >= 0.6 is 0 Å². The maximum atomic E-state index is 13.4. The van der Waals surface area contributed by atoms with Gasteiger partial charge in [-0.25, -0.2) is 4.39 Å². The number of piperidine rings is 1. The second kappa shape index (κ2) is 9.96. The molecule has 2 heterocycles. The van der Waals surface area contributed by atoms with E-state index in [-0.39, 0.29) is 11.6 Å². The van der Waals surface area contributed by atoms with Gasteiger partial charge in [0.15, 0.2) is 22.9 Å². The van der Waals surface area contributed by atoms with Crippen LogP contribution in [0.3, 0.4) is 0 Å². The van der Waals surface area contributed by atoms with Gasteiger partial charge in [-0.15, -0.1) is 0 Å². The number of hydrogen-bond donors (Lipinski definition) is 0. The molecule has 0 bridgehead atoms. The number of carbonyl (C=O) groups excluding carboxylic acids is 1. The van der Waals surface area contributed by atoms with Gasteiger partial charge in [0, 0.05) is 29.5 Å². The molecule has 0 atom stereocenters. The second-order valence-electron chi connectivity index (χ2n) is 8.02. The number of ketones is 1. The Hall–Kier alpha value is -3.19. The molecule has 0 radical (unpaired) electrons. The summed E-state index contributed by atoms with van der Waals surface area (Å²) in [7, 11) is 1.56. The molecule has 0 saturated carbocycles. The number of carbonyl (C=O) groups is 1. The molecule has 0 unspecified atom stereocenters. The number of likely N-dealkylation sites (tertiary alicyclic amines) is 1. The lowest BCUT2D eigenvalue weighted by Gasteiger charge is -2.30. The van der Waals surface area contributed by atoms with E-state index in [0.717, 1.165) is 50.0 Å². The van der Waals surface area contributed by atoms with E-state index in [1.54, 1.807) is 37.6 Å². The van der Waals surface area contributed by atoms with Crippen molar-refractivity contribution in [2.45, 2.75) is 32.1 Å². The van der Waals surface area contributed by atoms with Crippen molar-refractivity contribution >= 4 is 16.8 Å². The number of rotatable bonds is 8. The van der Waals surface area contributed by atoms with Crippen LogP contribution in [0.15, 0.2) is 53.3 Å². The van der Waals surface area contributed by atoms with Gasteiger partial charge in [0.25, 0.3) is 0 Å². The zero-order chi connectivity index (χ0) is 22.5. The van der Waals surface area contributed by atoms with Crippen LogP contribution in [-0.4, -0.2) is 42.6 Å². The smallest absolute Gasteiger partial charge is 0.170 e. The number of hydrogen-bond acceptors (Lipinski definition) is 6. The van der Waals surface area contributed by atoms with Crippen molar-refractivity contribution in [3.63, 3.8) is 0 Å². The first kappa shape index (κ1) is 22.0. The van der Waals surface area contributed by atoms with Crippen LogP contribution in [0.5, 0.6) is 11.5 Å². The van der Waals surface area contributed by atoms with Crippen molar-refractivity contribution < 1.29 is 23.2 Å². The highest BCUT2D eigenvalue weighted by Gasteiger charge is 2.24. The first-order valence-electron chi connectivity index (χ1n) is 10.8. The summed E-state index contributed by atoms with van der Waals surface area (Å²) in [5.74, 6) is 1.13. The molecule has 4 rings (SSSR count). The summed E-state index contributed by atoms with van der Waals surface area (Å²) in [6.45, 7) is 4.43. The SMILES string of the molecule is COc1cc(C(C)=O)ccc1OC=CCCN1CCC(c2noc3cc(F)ccc23)CC1. The Balaban J connectivity index is 1.24. The molecule has 6 nitrogen and oxygen atoms in total. The molecule has 0 spiro atoms. The van der Waals surface area contributed by atoms with E-state index >= 15 is 0 Å². The van der Waals surface area contributed by atoms with E-state index in [4.69, 9.17) is 14.0 Å². The number of nitrogens with zero attached hydrogens (tertiary/aromatic N) is 2. The highest BCUT2D eigenvalue weighted by atomic mass is 19.1. The molecule has 1 saturated heterocycles. The predicted molar refractivity (Wildman–Crippen MR) is 120 cm³/mol. The van der Waals surface area contributed by atoms with Gasteiger partial charge in [-0.1, -0.05) is 5.16 Å². The Labute approximate surface area is 186 Å². The topological polar surface area (TPSA) is 64.8 Å². The standard InChI is InChI=1S/C25H27FN2O4/c1-17(29)19-5-8-22(24(15-19)30-2)31-14-4-3-11-28-12-9-18(10-13-28)25-21-7-6-20(26)16-23(21)32-27-25/h4-8,14-16,18H,3,9-13H2,1-2H3. The summed E-state index contributed by atoms with van der Waals surface area (Å²) in [6.07, 6.45) is 6.52. The minimum Gasteiger partial charge on any atom is -0.493 e. The number of Topliss-reactive ketones (excluding diaryl/α,β-unsaturated/α-hetero) is 1. The van der Waals surface area contributed by atoms with Gasteiger partial charge in [-0.2, -0.15) is 0 Å². The number of benzene rings is 2. The van der Waals surface area contributed by atoms with E-state index in [0.29, 0.717) is 28.6 Å². The predicted octanol–water partition coefficient (Wildman–Crippen LogP) is 5.34. The zero-order valence-electron chi connectivity index (χ0n) is 18.3. The van der Waals surface area contributed by atoms with Crippen molar-refractivity contribution in [1.29, 1.82) is 0 Å². The third-order valence-corrected chi connectivity index (χ3v) is 5.91. The van der Waals surface area contributed by atoms with E-state index in [2.05, 4.69) is 10.1 Å². The molecule has 1 aliphatic rings. The van der Waals surface area contributed by atoms with Crippen LogP contribution in [0.4, 0.5) is 4.39 Å². The molecule has 32 heavy (non-hydrogen) atoms. The maximum Gasteiger partial charge on any atom is 0.170 e. The third kappa shape index (κ3) is 4.99. The highest BCUT2D eigenvalue weighted by Crippen LogP contribution is 2.33. The molecule has 1 aliphatic heterocycles. The summed E-state index contributed by atoms with van der Waals surface area (Å²) in [6, 6.07) is 9.77. The average molecular weight is 438 g/mol.